The first-order valence-corrected chi connectivity index (χ1v) is 5.73. The van der Waals surface area contributed by atoms with E-state index in [1.165, 1.54) is 38.5 Å². The number of hydrogen-bond acceptors (Lipinski definition) is 2. The Kier molecular flexibility index (Phi) is 2.89. The third-order valence-electron chi connectivity index (χ3n) is 3.48. The third-order valence-corrected chi connectivity index (χ3v) is 3.48. The standard InChI is InChI=1S/C11H21NO/c1-2-12-9-10-5-8-11(13-10)6-3-4-7-11/h10,12H,2-9H2,1H3. The zero-order valence-electron chi connectivity index (χ0n) is 8.64. The van der Waals surface area contributed by atoms with E-state index in [0.717, 1.165) is 13.1 Å². The van der Waals surface area contributed by atoms with Gasteiger partial charge in [-0.15, -0.1) is 0 Å². The van der Waals surface area contributed by atoms with Crippen LogP contribution in [-0.4, -0.2) is 24.8 Å². The number of ether oxygens (including phenoxy) is 1. The van der Waals surface area contributed by atoms with Crippen LogP contribution in [0.3, 0.4) is 0 Å². The van der Waals surface area contributed by atoms with Gasteiger partial charge in [0.05, 0.1) is 11.7 Å². The van der Waals surface area contributed by atoms with E-state index < -0.39 is 0 Å². The first-order valence-electron chi connectivity index (χ1n) is 5.73. The summed E-state index contributed by atoms with van der Waals surface area (Å²) >= 11 is 0. The highest BCUT2D eigenvalue weighted by molar-refractivity contribution is 4.93. The maximum Gasteiger partial charge on any atom is 0.0708 e. The van der Waals surface area contributed by atoms with Gasteiger partial charge in [-0.1, -0.05) is 19.8 Å². The Hall–Kier alpha value is -0.0800. The van der Waals surface area contributed by atoms with Crippen LogP contribution in [0.1, 0.15) is 45.4 Å². The van der Waals surface area contributed by atoms with Gasteiger partial charge in [0.15, 0.2) is 0 Å². The Morgan fingerprint density at radius 1 is 1.31 bits per heavy atom. The summed E-state index contributed by atoms with van der Waals surface area (Å²) in [7, 11) is 0. The summed E-state index contributed by atoms with van der Waals surface area (Å²) in [4.78, 5) is 0. The topological polar surface area (TPSA) is 21.3 Å². The number of rotatable bonds is 3. The van der Waals surface area contributed by atoms with Crippen molar-refractivity contribution in [3.05, 3.63) is 0 Å². The normalized spacial score (nSPS) is 31.6. The molecule has 1 saturated carbocycles. The monoisotopic (exact) mass is 183 g/mol. The van der Waals surface area contributed by atoms with Crippen molar-refractivity contribution in [1.82, 2.24) is 5.32 Å². The van der Waals surface area contributed by atoms with Crippen LogP contribution in [0.15, 0.2) is 0 Å². The minimum absolute atomic E-state index is 0.320. The second kappa shape index (κ2) is 3.97. The fourth-order valence-electron chi connectivity index (χ4n) is 2.73. The lowest BCUT2D eigenvalue weighted by Gasteiger charge is -2.23. The van der Waals surface area contributed by atoms with Crippen LogP contribution in [0.4, 0.5) is 0 Å². The zero-order valence-corrected chi connectivity index (χ0v) is 8.64. The predicted octanol–water partition coefficient (Wildman–Crippen LogP) is 2.09. The van der Waals surface area contributed by atoms with Gasteiger partial charge in [-0.05, 0) is 32.2 Å². The maximum absolute atomic E-state index is 6.15. The van der Waals surface area contributed by atoms with E-state index in [9.17, 15) is 0 Å². The minimum Gasteiger partial charge on any atom is -0.370 e. The molecule has 0 bridgehead atoms. The highest BCUT2D eigenvalue weighted by atomic mass is 16.5. The number of hydrogen-bond donors (Lipinski definition) is 1. The summed E-state index contributed by atoms with van der Waals surface area (Å²) in [5, 5.41) is 3.37. The predicted molar refractivity (Wildman–Crippen MR) is 53.8 cm³/mol. The molecule has 1 aliphatic carbocycles. The van der Waals surface area contributed by atoms with Gasteiger partial charge < -0.3 is 10.1 Å². The van der Waals surface area contributed by atoms with Gasteiger partial charge >= 0.3 is 0 Å². The second-order valence-corrected chi connectivity index (χ2v) is 4.48. The molecule has 0 amide bonds. The molecule has 0 aromatic rings. The van der Waals surface area contributed by atoms with Crippen molar-refractivity contribution in [2.75, 3.05) is 13.1 Å². The van der Waals surface area contributed by atoms with Crippen LogP contribution in [0.25, 0.3) is 0 Å². The average Bonchev–Trinajstić information content (AvgIpc) is 2.74. The molecule has 2 nitrogen and oxygen atoms in total. The third kappa shape index (κ3) is 2.05. The van der Waals surface area contributed by atoms with Gasteiger partial charge in [0.25, 0.3) is 0 Å². The van der Waals surface area contributed by atoms with E-state index >= 15 is 0 Å². The van der Waals surface area contributed by atoms with Gasteiger partial charge in [-0.25, -0.2) is 0 Å². The van der Waals surface area contributed by atoms with Crippen LogP contribution >= 0.6 is 0 Å². The lowest BCUT2D eigenvalue weighted by molar-refractivity contribution is -0.0349. The molecule has 76 valence electrons. The molecule has 0 aromatic heterocycles. The summed E-state index contributed by atoms with van der Waals surface area (Å²) in [6.45, 7) is 4.27. The van der Waals surface area contributed by atoms with Crippen LogP contribution < -0.4 is 5.32 Å². The number of nitrogens with one attached hydrogen (secondary N) is 1. The lowest BCUT2D eigenvalue weighted by atomic mass is 9.98. The van der Waals surface area contributed by atoms with Crippen molar-refractivity contribution in [1.29, 1.82) is 0 Å². The molecule has 1 aliphatic heterocycles. The van der Waals surface area contributed by atoms with Crippen molar-refractivity contribution in [2.24, 2.45) is 0 Å². The summed E-state index contributed by atoms with van der Waals surface area (Å²) in [6.07, 6.45) is 8.47. The van der Waals surface area contributed by atoms with Gasteiger partial charge in [0.2, 0.25) is 0 Å². The Labute approximate surface area is 81.0 Å². The molecule has 0 radical (unpaired) electrons. The molecule has 1 unspecified atom stereocenters. The summed E-state index contributed by atoms with van der Waals surface area (Å²) in [5.41, 5.74) is 0.320. The van der Waals surface area contributed by atoms with Gasteiger partial charge in [0.1, 0.15) is 0 Å². The SMILES string of the molecule is CCNCC1CCC2(CCCC2)O1. The van der Waals surface area contributed by atoms with Crippen LogP contribution in [0, 0.1) is 0 Å². The molecular formula is C11H21NO. The maximum atomic E-state index is 6.15. The van der Waals surface area contributed by atoms with Crippen LogP contribution in [0.2, 0.25) is 0 Å². The van der Waals surface area contributed by atoms with Crippen molar-refractivity contribution in [2.45, 2.75) is 57.2 Å². The highest BCUT2D eigenvalue weighted by Gasteiger charge is 2.41. The Morgan fingerprint density at radius 2 is 2.08 bits per heavy atom. The fraction of sp³-hybridized carbons (Fsp3) is 1.00. The smallest absolute Gasteiger partial charge is 0.0708 e. The fourth-order valence-corrected chi connectivity index (χ4v) is 2.73. The average molecular weight is 183 g/mol. The van der Waals surface area contributed by atoms with Gasteiger partial charge in [-0.2, -0.15) is 0 Å². The minimum atomic E-state index is 0.320. The van der Waals surface area contributed by atoms with Gasteiger partial charge in [-0.3, -0.25) is 0 Å². The molecule has 2 rings (SSSR count). The summed E-state index contributed by atoms with van der Waals surface area (Å²) < 4.78 is 6.15. The lowest BCUT2D eigenvalue weighted by Crippen LogP contribution is -2.30. The van der Waals surface area contributed by atoms with E-state index in [2.05, 4.69) is 12.2 Å². The van der Waals surface area contributed by atoms with E-state index in [0.29, 0.717) is 11.7 Å². The quantitative estimate of drug-likeness (QED) is 0.723. The second-order valence-electron chi connectivity index (χ2n) is 4.48. The first-order chi connectivity index (χ1) is 6.35. The van der Waals surface area contributed by atoms with Crippen molar-refractivity contribution in [3.8, 4) is 0 Å². The zero-order chi connectivity index (χ0) is 9.15. The Balaban J connectivity index is 1.79. The summed E-state index contributed by atoms with van der Waals surface area (Å²) in [5.74, 6) is 0. The van der Waals surface area contributed by atoms with E-state index in [-0.39, 0.29) is 0 Å². The molecule has 1 atom stereocenters. The molecule has 13 heavy (non-hydrogen) atoms. The van der Waals surface area contributed by atoms with Crippen molar-refractivity contribution < 1.29 is 4.74 Å². The molecule has 0 aromatic carbocycles. The molecule has 2 aliphatic rings. The molecule has 1 heterocycles. The molecule has 1 N–H and O–H groups in total. The van der Waals surface area contributed by atoms with Crippen molar-refractivity contribution in [3.63, 3.8) is 0 Å². The van der Waals surface area contributed by atoms with Crippen LogP contribution in [-0.2, 0) is 4.74 Å². The molecule has 1 spiro atoms. The van der Waals surface area contributed by atoms with Gasteiger partial charge in [0, 0.05) is 6.54 Å². The largest absolute Gasteiger partial charge is 0.370 e. The molecule has 2 fully saturated rings. The van der Waals surface area contributed by atoms with Crippen molar-refractivity contribution >= 4 is 0 Å². The van der Waals surface area contributed by atoms with E-state index in [1.807, 2.05) is 0 Å². The molecule has 2 heteroatoms. The van der Waals surface area contributed by atoms with Crippen LogP contribution in [0.5, 0.6) is 0 Å². The van der Waals surface area contributed by atoms with E-state index in [4.69, 9.17) is 4.74 Å². The Bertz CT molecular complexity index is 163. The molecule has 1 saturated heterocycles. The first kappa shape index (κ1) is 9.47. The van der Waals surface area contributed by atoms with E-state index in [1.54, 1.807) is 0 Å². The highest BCUT2D eigenvalue weighted by Crippen LogP contribution is 2.42. The number of likely N-dealkylation sites (N-methyl/N-ethyl adjacent to an activating group) is 1. The summed E-state index contributed by atoms with van der Waals surface area (Å²) in [6, 6.07) is 0. The molecular weight excluding hydrogens is 162 g/mol. The Morgan fingerprint density at radius 3 is 2.77 bits per heavy atom.